The molecule has 1 aromatic heterocycles. The number of amides is 4. The summed E-state index contributed by atoms with van der Waals surface area (Å²) >= 11 is 1.47. The van der Waals surface area contributed by atoms with Gasteiger partial charge in [-0.15, -0.1) is 11.3 Å². The number of carbonyl (C=O) groups is 4. The molecule has 2 heterocycles. The van der Waals surface area contributed by atoms with E-state index in [9.17, 15) is 19.2 Å². The Balaban J connectivity index is 1.46. The first-order valence-electron chi connectivity index (χ1n) is 8.48. The van der Waals surface area contributed by atoms with Crippen molar-refractivity contribution in [3.05, 3.63) is 21.4 Å². The average Bonchev–Trinajstić information content (AvgIpc) is 3.14. The van der Waals surface area contributed by atoms with Gasteiger partial charge in [-0.05, 0) is 36.8 Å². The number of rotatable bonds is 4. The first-order chi connectivity index (χ1) is 11.9. The Bertz CT molecular complexity index is 711. The predicted octanol–water partition coefficient (Wildman–Crippen LogP) is 1.17. The fourth-order valence-corrected chi connectivity index (χ4v) is 4.26. The summed E-state index contributed by atoms with van der Waals surface area (Å²) in [5.74, 6) is -0.640. The molecule has 0 unspecified atom stereocenters. The Kier molecular flexibility index (Phi) is 5.17. The lowest BCUT2D eigenvalue weighted by atomic mass is 9.90. The monoisotopic (exact) mass is 363 g/mol. The Hall–Kier alpha value is -2.22. The van der Waals surface area contributed by atoms with Crippen LogP contribution in [0.15, 0.2) is 6.07 Å². The van der Waals surface area contributed by atoms with E-state index in [1.807, 2.05) is 6.07 Å². The first-order valence-corrected chi connectivity index (χ1v) is 9.29. The van der Waals surface area contributed by atoms with Gasteiger partial charge in [0.25, 0.3) is 5.91 Å². The molecule has 8 heteroatoms. The fraction of sp³-hybridized carbons (Fsp3) is 0.529. The van der Waals surface area contributed by atoms with Gasteiger partial charge in [0, 0.05) is 30.7 Å². The maximum absolute atomic E-state index is 12.2. The number of hydrazine groups is 1. The highest BCUT2D eigenvalue weighted by atomic mass is 32.1. The van der Waals surface area contributed by atoms with Crippen LogP contribution in [0.1, 0.15) is 52.7 Å². The smallest absolute Gasteiger partial charge is 0.279 e. The molecule has 1 fully saturated rings. The quantitative estimate of drug-likeness (QED) is 0.620. The molecule has 0 aromatic carbocycles. The average molecular weight is 363 g/mol. The molecule has 134 valence electrons. The van der Waals surface area contributed by atoms with Crippen molar-refractivity contribution >= 4 is 35.0 Å². The van der Waals surface area contributed by atoms with E-state index in [0.717, 1.165) is 24.2 Å². The number of hydrogen-bond donors (Lipinski definition) is 2. The van der Waals surface area contributed by atoms with Crippen molar-refractivity contribution in [3.8, 4) is 0 Å². The first kappa shape index (κ1) is 17.6. The fourth-order valence-electron chi connectivity index (χ4n) is 3.15. The van der Waals surface area contributed by atoms with Crippen LogP contribution in [0.25, 0.3) is 0 Å². The number of likely N-dealkylation sites (tertiary alicyclic amines) is 1. The summed E-state index contributed by atoms with van der Waals surface area (Å²) in [5.41, 5.74) is 5.97. The van der Waals surface area contributed by atoms with Gasteiger partial charge in [-0.3, -0.25) is 34.9 Å². The zero-order valence-electron chi connectivity index (χ0n) is 14.1. The van der Waals surface area contributed by atoms with Crippen LogP contribution in [-0.2, 0) is 27.2 Å². The van der Waals surface area contributed by atoms with Gasteiger partial charge >= 0.3 is 0 Å². The standard InChI is InChI=1S/C17H21N3O4S/c1-10-2-3-12-11(8-10)9-13(25-12)17(24)19-18-14(21)6-7-20-15(22)4-5-16(20)23/h9-10H,2-8H2,1H3,(H,18,21)(H,19,24)/t10-/m0/s1. The summed E-state index contributed by atoms with van der Waals surface area (Å²) in [6, 6.07) is 1.90. The number of imide groups is 1. The Labute approximate surface area is 149 Å². The minimum absolute atomic E-state index is 0.0315. The minimum atomic E-state index is -0.434. The molecule has 0 radical (unpaired) electrons. The zero-order chi connectivity index (χ0) is 18.0. The molecule has 25 heavy (non-hydrogen) atoms. The minimum Gasteiger partial charge on any atom is -0.282 e. The lowest BCUT2D eigenvalue weighted by Gasteiger charge is -2.16. The summed E-state index contributed by atoms with van der Waals surface area (Å²) in [7, 11) is 0. The zero-order valence-corrected chi connectivity index (χ0v) is 14.9. The molecule has 0 bridgehead atoms. The number of fused-ring (bicyclic) bond motifs is 1. The molecule has 1 aromatic rings. The largest absolute Gasteiger partial charge is 0.282 e. The van der Waals surface area contributed by atoms with E-state index in [-0.39, 0.29) is 43.5 Å². The molecule has 4 amide bonds. The summed E-state index contributed by atoms with van der Waals surface area (Å²) in [6.07, 6.45) is 3.51. The second-order valence-corrected chi connectivity index (χ2v) is 7.74. The van der Waals surface area contributed by atoms with E-state index in [1.165, 1.54) is 21.8 Å². The van der Waals surface area contributed by atoms with Crippen LogP contribution in [0.4, 0.5) is 0 Å². The SMILES string of the molecule is C[C@H]1CCc2sc(C(=O)NNC(=O)CCN3C(=O)CCC3=O)cc2C1. The highest BCUT2D eigenvalue weighted by Gasteiger charge is 2.28. The number of hydrogen-bond acceptors (Lipinski definition) is 5. The summed E-state index contributed by atoms with van der Waals surface area (Å²) in [4.78, 5) is 49.9. The summed E-state index contributed by atoms with van der Waals surface area (Å²) < 4.78 is 0. The van der Waals surface area contributed by atoms with Gasteiger partial charge in [-0.2, -0.15) is 0 Å². The third kappa shape index (κ3) is 4.07. The van der Waals surface area contributed by atoms with Crippen LogP contribution < -0.4 is 10.9 Å². The lowest BCUT2D eigenvalue weighted by Crippen LogP contribution is -2.43. The maximum Gasteiger partial charge on any atom is 0.279 e. The Morgan fingerprint density at radius 2 is 1.92 bits per heavy atom. The third-order valence-corrected chi connectivity index (χ3v) is 5.82. The number of carbonyl (C=O) groups excluding carboxylic acids is 4. The van der Waals surface area contributed by atoms with Gasteiger partial charge in [0.1, 0.15) is 0 Å². The van der Waals surface area contributed by atoms with E-state index >= 15 is 0 Å². The second-order valence-electron chi connectivity index (χ2n) is 6.60. The molecular formula is C17H21N3O4S. The molecule has 1 aliphatic carbocycles. The number of nitrogens with one attached hydrogen (secondary N) is 2. The maximum atomic E-state index is 12.2. The van der Waals surface area contributed by atoms with E-state index in [1.54, 1.807) is 0 Å². The van der Waals surface area contributed by atoms with Crippen LogP contribution in [0.5, 0.6) is 0 Å². The van der Waals surface area contributed by atoms with Gasteiger partial charge in [0.2, 0.25) is 17.7 Å². The van der Waals surface area contributed by atoms with Crippen LogP contribution >= 0.6 is 11.3 Å². The van der Waals surface area contributed by atoms with Gasteiger partial charge in [-0.1, -0.05) is 6.92 Å². The topological polar surface area (TPSA) is 95.6 Å². The number of thiophene rings is 1. The number of nitrogens with zero attached hydrogens (tertiary/aromatic N) is 1. The summed E-state index contributed by atoms with van der Waals surface area (Å²) in [5, 5.41) is 0. The summed E-state index contributed by atoms with van der Waals surface area (Å²) in [6.45, 7) is 2.25. The van der Waals surface area contributed by atoms with Crippen molar-refractivity contribution < 1.29 is 19.2 Å². The van der Waals surface area contributed by atoms with Crippen molar-refractivity contribution in [3.63, 3.8) is 0 Å². The van der Waals surface area contributed by atoms with Crippen molar-refractivity contribution in [1.82, 2.24) is 15.8 Å². The molecule has 7 nitrogen and oxygen atoms in total. The van der Waals surface area contributed by atoms with Crippen LogP contribution in [-0.4, -0.2) is 35.1 Å². The second kappa shape index (κ2) is 7.35. The highest BCUT2D eigenvalue weighted by molar-refractivity contribution is 7.14. The van der Waals surface area contributed by atoms with Crippen molar-refractivity contribution in [2.45, 2.75) is 45.4 Å². The van der Waals surface area contributed by atoms with E-state index in [2.05, 4.69) is 17.8 Å². The van der Waals surface area contributed by atoms with Gasteiger partial charge in [-0.25, -0.2) is 0 Å². The predicted molar refractivity (Wildman–Crippen MR) is 91.7 cm³/mol. The van der Waals surface area contributed by atoms with Crippen LogP contribution in [0, 0.1) is 5.92 Å². The molecule has 2 N–H and O–H groups in total. The van der Waals surface area contributed by atoms with Crippen molar-refractivity contribution in [2.24, 2.45) is 5.92 Å². The highest BCUT2D eigenvalue weighted by Crippen LogP contribution is 2.32. The molecule has 0 saturated carbocycles. The molecule has 0 spiro atoms. The van der Waals surface area contributed by atoms with Crippen LogP contribution in [0.2, 0.25) is 0 Å². The van der Waals surface area contributed by atoms with E-state index in [4.69, 9.17) is 0 Å². The van der Waals surface area contributed by atoms with E-state index in [0.29, 0.717) is 10.8 Å². The number of aryl methyl sites for hydroxylation is 1. The molecule has 1 atom stereocenters. The molecular weight excluding hydrogens is 342 g/mol. The van der Waals surface area contributed by atoms with Gasteiger partial charge in [0.05, 0.1) is 4.88 Å². The Morgan fingerprint density at radius 1 is 1.20 bits per heavy atom. The molecule has 3 rings (SSSR count). The normalized spacial score (nSPS) is 19.7. The molecule has 1 saturated heterocycles. The molecule has 2 aliphatic rings. The van der Waals surface area contributed by atoms with Crippen molar-refractivity contribution in [1.29, 1.82) is 0 Å². The van der Waals surface area contributed by atoms with E-state index < -0.39 is 5.91 Å². The molecule has 1 aliphatic heterocycles. The van der Waals surface area contributed by atoms with Crippen molar-refractivity contribution in [2.75, 3.05) is 6.54 Å². The lowest BCUT2D eigenvalue weighted by molar-refractivity contribution is -0.138. The van der Waals surface area contributed by atoms with Gasteiger partial charge < -0.3 is 0 Å². The third-order valence-electron chi connectivity index (χ3n) is 4.59. The van der Waals surface area contributed by atoms with Crippen LogP contribution in [0.3, 0.4) is 0 Å². The van der Waals surface area contributed by atoms with Gasteiger partial charge in [0.15, 0.2) is 0 Å². The Morgan fingerprint density at radius 3 is 2.64 bits per heavy atom.